The Bertz CT molecular complexity index is 993. The number of nitrogens with zero attached hydrogens (tertiary/aromatic N) is 2. The fourth-order valence-corrected chi connectivity index (χ4v) is 4.25. The van der Waals surface area contributed by atoms with Crippen LogP contribution in [0.5, 0.6) is 11.6 Å². The van der Waals surface area contributed by atoms with E-state index in [2.05, 4.69) is 9.97 Å². The van der Waals surface area contributed by atoms with Crippen molar-refractivity contribution in [3.63, 3.8) is 0 Å². The third-order valence-electron chi connectivity index (χ3n) is 3.72. The minimum absolute atomic E-state index is 0.121. The summed E-state index contributed by atoms with van der Waals surface area (Å²) < 4.78 is 16.6. The van der Waals surface area contributed by atoms with E-state index in [0.717, 1.165) is 11.5 Å². The molecule has 34 heavy (non-hydrogen) atoms. The first-order valence-corrected chi connectivity index (χ1v) is 13.3. The van der Waals surface area contributed by atoms with E-state index < -0.39 is 6.72 Å². The molecule has 8 nitrogen and oxygen atoms in total. The first-order chi connectivity index (χ1) is 16.1. The van der Waals surface area contributed by atoms with Crippen molar-refractivity contribution in [3.05, 3.63) is 72.2 Å². The molecule has 1 aliphatic carbocycles. The lowest BCUT2D eigenvalue weighted by molar-refractivity contribution is -0.113. The highest BCUT2D eigenvalue weighted by Crippen LogP contribution is 2.49. The fraction of sp³-hybridized carbons (Fsp3) is 0.333. The number of para-hydroxylation sites is 1. The molecule has 1 heterocycles. The Morgan fingerprint density at radius 3 is 1.82 bits per heavy atom. The molecule has 0 fully saturated rings. The van der Waals surface area contributed by atoms with Crippen molar-refractivity contribution in [2.45, 2.75) is 40.5 Å². The second-order valence-electron chi connectivity index (χ2n) is 7.04. The largest absolute Gasteiger partial charge is 0.508 e. The first kappa shape index (κ1) is 29.3. The molecule has 1 aliphatic rings. The Balaban J connectivity index is 0.000000312. The maximum Gasteiger partial charge on any atom is 0.381 e. The maximum absolute atomic E-state index is 10.3. The second kappa shape index (κ2) is 15.2. The zero-order valence-corrected chi connectivity index (χ0v) is 21.7. The van der Waals surface area contributed by atoms with E-state index in [1.807, 2.05) is 40.7 Å². The maximum atomic E-state index is 10.3. The standard InChI is InChI=1S/C12H21N2O3PS.C6H4O2.C6H6O/c1-6-15-18(19,16-7-2)17-11-8-10(5)13-12(14-11)9(3)4;7-5-1-2-6(8)4-3-5;7-6-4-2-1-3-5-6/h8-9H,6-7H2,1-5H3;1-4H;1-5,7H. The van der Waals surface area contributed by atoms with E-state index in [1.54, 1.807) is 30.3 Å². The van der Waals surface area contributed by atoms with Crippen LogP contribution in [0.15, 0.2) is 60.7 Å². The minimum Gasteiger partial charge on any atom is -0.508 e. The van der Waals surface area contributed by atoms with Crippen LogP contribution in [-0.2, 0) is 30.4 Å². The highest BCUT2D eigenvalue weighted by Gasteiger charge is 2.22. The number of carbonyl (C=O) groups is 2. The highest BCUT2D eigenvalue weighted by molar-refractivity contribution is 8.07. The normalized spacial score (nSPS) is 12.5. The monoisotopic (exact) mass is 506 g/mol. The summed E-state index contributed by atoms with van der Waals surface area (Å²) in [7, 11) is 0. The van der Waals surface area contributed by atoms with Crippen molar-refractivity contribution in [1.82, 2.24) is 9.97 Å². The molecule has 0 saturated carbocycles. The van der Waals surface area contributed by atoms with Crippen molar-refractivity contribution in [3.8, 4) is 11.6 Å². The van der Waals surface area contributed by atoms with Crippen molar-refractivity contribution < 1.29 is 28.3 Å². The lowest BCUT2D eigenvalue weighted by atomic mass is 10.2. The summed E-state index contributed by atoms with van der Waals surface area (Å²) in [6.07, 6.45) is 5.01. The van der Waals surface area contributed by atoms with Gasteiger partial charge >= 0.3 is 6.72 Å². The summed E-state index contributed by atoms with van der Waals surface area (Å²) in [5.41, 5.74) is 0.836. The predicted molar refractivity (Wildman–Crippen MR) is 135 cm³/mol. The van der Waals surface area contributed by atoms with E-state index in [0.29, 0.717) is 24.8 Å². The number of aromatic hydroxyl groups is 1. The van der Waals surface area contributed by atoms with Crippen LogP contribution in [0.4, 0.5) is 0 Å². The summed E-state index contributed by atoms with van der Waals surface area (Å²) in [5.74, 6) is 1.45. The van der Waals surface area contributed by atoms with Gasteiger partial charge in [0.15, 0.2) is 11.6 Å². The highest BCUT2D eigenvalue weighted by atomic mass is 32.5. The van der Waals surface area contributed by atoms with Crippen molar-refractivity contribution in [2.75, 3.05) is 13.2 Å². The molecule has 10 heteroatoms. The molecule has 1 aromatic heterocycles. The number of ketones is 2. The number of hydrogen-bond acceptors (Lipinski definition) is 9. The van der Waals surface area contributed by atoms with E-state index >= 15 is 0 Å². The van der Waals surface area contributed by atoms with Crippen LogP contribution in [-0.4, -0.2) is 39.9 Å². The molecule has 2 aromatic rings. The molecule has 0 spiro atoms. The average molecular weight is 507 g/mol. The summed E-state index contributed by atoms with van der Waals surface area (Å²) >= 11 is 5.32. The molecule has 0 amide bonds. The van der Waals surface area contributed by atoms with Crippen molar-refractivity contribution in [2.24, 2.45) is 0 Å². The van der Waals surface area contributed by atoms with Gasteiger partial charge in [0, 0.05) is 29.5 Å². The van der Waals surface area contributed by atoms with E-state index in [1.165, 1.54) is 24.3 Å². The molecule has 1 aromatic carbocycles. The van der Waals surface area contributed by atoms with E-state index in [9.17, 15) is 9.59 Å². The van der Waals surface area contributed by atoms with Crippen LogP contribution in [0, 0.1) is 6.92 Å². The number of benzene rings is 1. The van der Waals surface area contributed by atoms with Crippen LogP contribution in [0.25, 0.3) is 0 Å². The van der Waals surface area contributed by atoms with Crippen LogP contribution in [0.2, 0.25) is 0 Å². The minimum atomic E-state index is -2.77. The Morgan fingerprint density at radius 2 is 1.44 bits per heavy atom. The van der Waals surface area contributed by atoms with Gasteiger partial charge in [-0.05, 0) is 57.2 Å². The molecule has 1 N–H and O–H groups in total. The zero-order chi connectivity index (χ0) is 25.6. The average Bonchev–Trinajstić information content (AvgIpc) is 2.77. The smallest absolute Gasteiger partial charge is 0.381 e. The Labute approximate surface area is 206 Å². The number of aromatic nitrogens is 2. The quantitative estimate of drug-likeness (QED) is 0.399. The number of phenols is 1. The molecular weight excluding hydrogens is 475 g/mol. The van der Waals surface area contributed by atoms with Gasteiger partial charge in [0.25, 0.3) is 0 Å². The van der Waals surface area contributed by atoms with Crippen LogP contribution >= 0.6 is 6.72 Å². The van der Waals surface area contributed by atoms with Gasteiger partial charge in [-0.3, -0.25) is 18.6 Å². The molecule has 0 bridgehead atoms. The number of rotatable bonds is 7. The number of carbonyl (C=O) groups excluding carboxylic acids is 2. The number of aryl methyl sites for hydroxylation is 1. The topological polar surface area (TPSA) is 108 Å². The SMILES string of the molecule is CCOP(=S)(OCC)Oc1cc(C)nc(C(C)C)n1.O=C1C=CC(=O)C=C1.Oc1ccccc1. The van der Waals surface area contributed by atoms with Gasteiger partial charge in [0.2, 0.25) is 5.88 Å². The van der Waals surface area contributed by atoms with Crippen LogP contribution in [0.1, 0.15) is 45.1 Å². The Kier molecular flexibility index (Phi) is 13.1. The van der Waals surface area contributed by atoms with Gasteiger partial charge < -0.3 is 9.63 Å². The summed E-state index contributed by atoms with van der Waals surface area (Å²) in [6.45, 7) is 7.78. The molecule has 0 radical (unpaired) electrons. The number of hydrogen-bond donors (Lipinski definition) is 1. The van der Waals surface area contributed by atoms with Crippen molar-refractivity contribution in [1.29, 1.82) is 0 Å². The molecule has 0 saturated heterocycles. The fourth-order valence-electron chi connectivity index (χ4n) is 2.26. The molecule has 0 aliphatic heterocycles. The van der Waals surface area contributed by atoms with Gasteiger partial charge in [-0.15, -0.1) is 0 Å². The molecule has 0 atom stereocenters. The van der Waals surface area contributed by atoms with E-state index in [4.69, 9.17) is 30.5 Å². The van der Waals surface area contributed by atoms with E-state index in [-0.39, 0.29) is 17.5 Å². The third-order valence-corrected chi connectivity index (χ3v) is 6.14. The predicted octanol–water partition coefficient (Wildman–Crippen LogP) is 5.23. The molecule has 184 valence electrons. The lowest BCUT2D eigenvalue weighted by Gasteiger charge is -2.20. The third kappa shape index (κ3) is 12.0. The Morgan fingerprint density at radius 1 is 0.941 bits per heavy atom. The molecule has 0 unspecified atom stereocenters. The zero-order valence-electron chi connectivity index (χ0n) is 20.0. The second-order valence-corrected chi connectivity index (χ2v) is 9.98. The Hall–Kier alpha value is -2.71. The molecule has 3 rings (SSSR count). The molecular formula is C24H31N2O6PS. The van der Waals surface area contributed by atoms with Gasteiger partial charge in [0.05, 0.1) is 13.2 Å². The summed E-state index contributed by atoms with van der Waals surface area (Å²) in [5, 5.41) is 8.63. The van der Waals surface area contributed by atoms with Gasteiger partial charge in [-0.25, -0.2) is 4.98 Å². The van der Waals surface area contributed by atoms with Crippen LogP contribution in [0.3, 0.4) is 0 Å². The van der Waals surface area contributed by atoms with Gasteiger partial charge in [-0.2, -0.15) is 4.98 Å². The number of phenolic OH excluding ortho intramolecular Hbond substituents is 1. The summed E-state index contributed by atoms with van der Waals surface area (Å²) in [6, 6.07) is 10.5. The van der Waals surface area contributed by atoms with Gasteiger partial charge in [-0.1, -0.05) is 32.0 Å². The lowest BCUT2D eigenvalue weighted by Crippen LogP contribution is -2.06. The first-order valence-electron chi connectivity index (χ1n) is 10.7. The number of allylic oxidation sites excluding steroid dienone is 4. The summed E-state index contributed by atoms with van der Waals surface area (Å²) in [4.78, 5) is 29.3. The van der Waals surface area contributed by atoms with Crippen LogP contribution < -0.4 is 4.52 Å². The van der Waals surface area contributed by atoms with Crippen molar-refractivity contribution >= 4 is 30.1 Å². The van der Waals surface area contributed by atoms with Gasteiger partial charge in [0.1, 0.15) is 11.6 Å².